The number of nitrogens with one attached hydrogen (secondary N) is 1. The third kappa shape index (κ3) is 2.76. The SMILES string of the molecule is C=CC(=O)Nc1ccc2nc(N)nc(-c3ccccc3)c2c1C. The van der Waals surface area contributed by atoms with Crippen molar-refractivity contribution in [1.29, 1.82) is 0 Å². The van der Waals surface area contributed by atoms with E-state index in [-0.39, 0.29) is 11.9 Å². The summed E-state index contributed by atoms with van der Waals surface area (Å²) in [7, 11) is 0. The van der Waals surface area contributed by atoms with Gasteiger partial charge in [-0.1, -0.05) is 36.9 Å². The van der Waals surface area contributed by atoms with E-state index in [0.29, 0.717) is 5.69 Å². The average Bonchev–Trinajstić information content (AvgIpc) is 2.57. The summed E-state index contributed by atoms with van der Waals surface area (Å²) in [5, 5.41) is 3.67. The Labute approximate surface area is 133 Å². The van der Waals surface area contributed by atoms with Crippen molar-refractivity contribution in [2.75, 3.05) is 11.1 Å². The van der Waals surface area contributed by atoms with Gasteiger partial charge in [-0.05, 0) is 30.7 Å². The van der Waals surface area contributed by atoms with Gasteiger partial charge in [-0.2, -0.15) is 0 Å². The second-order valence-corrected chi connectivity index (χ2v) is 5.12. The molecule has 0 aliphatic carbocycles. The molecule has 1 heterocycles. The molecule has 3 N–H and O–H groups in total. The lowest BCUT2D eigenvalue weighted by Gasteiger charge is -2.13. The third-order valence-electron chi connectivity index (χ3n) is 3.63. The molecule has 1 aromatic heterocycles. The predicted octanol–water partition coefficient (Wildman–Crippen LogP) is 3.31. The number of nitrogens with two attached hydrogens (primary N) is 1. The Morgan fingerprint density at radius 2 is 1.91 bits per heavy atom. The standard InChI is InChI=1S/C18H16N4O/c1-3-15(23)20-13-9-10-14-16(11(13)2)17(22-18(19)21-14)12-7-5-4-6-8-12/h3-10H,1H2,2H3,(H,20,23)(H2,19,21,22). The first-order valence-corrected chi connectivity index (χ1v) is 7.16. The highest BCUT2D eigenvalue weighted by atomic mass is 16.1. The van der Waals surface area contributed by atoms with E-state index in [0.717, 1.165) is 27.7 Å². The van der Waals surface area contributed by atoms with E-state index in [2.05, 4.69) is 21.9 Å². The van der Waals surface area contributed by atoms with Crippen molar-refractivity contribution >= 4 is 28.4 Å². The van der Waals surface area contributed by atoms with Crippen LogP contribution < -0.4 is 11.1 Å². The molecule has 3 rings (SSSR count). The van der Waals surface area contributed by atoms with Gasteiger partial charge in [-0.3, -0.25) is 4.79 Å². The number of aromatic nitrogens is 2. The second kappa shape index (κ2) is 5.88. The number of hydrogen-bond acceptors (Lipinski definition) is 4. The van der Waals surface area contributed by atoms with Gasteiger partial charge in [-0.25, -0.2) is 9.97 Å². The first kappa shape index (κ1) is 14.7. The van der Waals surface area contributed by atoms with E-state index in [4.69, 9.17) is 5.73 Å². The molecule has 114 valence electrons. The first-order chi connectivity index (χ1) is 11.1. The van der Waals surface area contributed by atoms with Crippen LogP contribution in [0.3, 0.4) is 0 Å². The number of hydrogen-bond donors (Lipinski definition) is 2. The molecule has 3 aromatic rings. The second-order valence-electron chi connectivity index (χ2n) is 5.12. The van der Waals surface area contributed by atoms with E-state index in [1.807, 2.05) is 43.3 Å². The van der Waals surface area contributed by atoms with E-state index in [1.54, 1.807) is 6.07 Å². The van der Waals surface area contributed by atoms with Crippen molar-refractivity contribution in [3.8, 4) is 11.3 Å². The van der Waals surface area contributed by atoms with Crippen molar-refractivity contribution in [3.63, 3.8) is 0 Å². The van der Waals surface area contributed by atoms with Crippen LogP contribution in [0.5, 0.6) is 0 Å². The maximum Gasteiger partial charge on any atom is 0.247 e. The Bertz CT molecular complexity index is 904. The van der Waals surface area contributed by atoms with Gasteiger partial charge >= 0.3 is 0 Å². The molecule has 0 aliphatic rings. The van der Waals surface area contributed by atoms with Crippen molar-refractivity contribution in [3.05, 3.63) is 60.7 Å². The first-order valence-electron chi connectivity index (χ1n) is 7.16. The molecule has 0 fully saturated rings. The number of carbonyl (C=O) groups excluding carboxylic acids is 1. The summed E-state index contributed by atoms with van der Waals surface area (Å²) < 4.78 is 0. The zero-order valence-corrected chi connectivity index (χ0v) is 12.7. The number of rotatable bonds is 3. The summed E-state index contributed by atoms with van der Waals surface area (Å²) in [5.41, 5.74) is 9.87. The fraction of sp³-hybridized carbons (Fsp3) is 0.0556. The minimum absolute atomic E-state index is 0.221. The number of nitrogens with zero attached hydrogens (tertiary/aromatic N) is 2. The summed E-state index contributed by atoms with van der Waals surface area (Å²) in [6, 6.07) is 13.4. The van der Waals surface area contributed by atoms with Gasteiger partial charge in [0.05, 0.1) is 11.2 Å². The van der Waals surface area contributed by atoms with Crippen molar-refractivity contribution < 1.29 is 4.79 Å². The highest BCUT2D eigenvalue weighted by Gasteiger charge is 2.14. The molecular formula is C18H16N4O. The lowest BCUT2D eigenvalue weighted by atomic mass is 10.0. The Hall–Kier alpha value is -3.21. The van der Waals surface area contributed by atoms with Crippen LogP contribution in [-0.4, -0.2) is 15.9 Å². The summed E-state index contributed by atoms with van der Waals surface area (Å²) in [6.45, 7) is 5.40. The molecule has 0 bridgehead atoms. The van der Waals surface area contributed by atoms with Crippen LogP contribution in [-0.2, 0) is 4.79 Å². The van der Waals surface area contributed by atoms with Crippen molar-refractivity contribution in [2.45, 2.75) is 6.92 Å². The summed E-state index contributed by atoms with van der Waals surface area (Å²) in [6.07, 6.45) is 1.24. The number of amides is 1. The van der Waals surface area contributed by atoms with Crippen LogP contribution in [0, 0.1) is 6.92 Å². The fourth-order valence-corrected chi connectivity index (χ4v) is 2.53. The Morgan fingerprint density at radius 3 is 2.61 bits per heavy atom. The van der Waals surface area contributed by atoms with Crippen LogP contribution >= 0.6 is 0 Å². The van der Waals surface area contributed by atoms with Gasteiger partial charge < -0.3 is 11.1 Å². The van der Waals surface area contributed by atoms with E-state index in [9.17, 15) is 4.79 Å². The summed E-state index contributed by atoms with van der Waals surface area (Å²) in [5.74, 6) is -0.0382. The number of carbonyl (C=O) groups is 1. The number of fused-ring (bicyclic) bond motifs is 1. The minimum atomic E-state index is -0.259. The van der Waals surface area contributed by atoms with Crippen molar-refractivity contribution in [2.24, 2.45) is 0 Å². The molecule has 0 saturated heterocycles. The highest BCUT2D eigenvalue weighted by molar-refractivity contribution is 6.04. The monoisotopic (exact) mass is 304 g/mol. The smallest absolute Gasteiger partial charge is 0.247 e. The number of benzene rings is 2. The molecule has 5 heteroatoms. The Morgan fingerprint density at radius 1 is 1.17 bits per heavy atom. The Kier molecular flexibility index (Phi) is 3.76. The maximum absolute atomic E-state index is 11.6. The van der Waals surface area contributed by atoms with Crippen LogP contribution in [0.15, 0.2) is 55.1 Å². The van der Waals surface area contributed by atoms with E-state index < -0.39 is 0 Å². The lowest BCUT2D eigenvalue weighted by Crippen LogP contribution is -2.09. The zero-order chi connectivity index (χ0) is 16.4. The highest BCUT2D eigenvalue weighted by Crippen LogP contribution is 2.32. The largest absolute Gasteiger partial charge is 0.368 e. The summed E-state index contributed by atoms with van der Waals surface area (Å²) in [4.78, 5) is 20.3. The molecule has 0 atom stereocenters. The average molecular weight is 304 g/mol. The minimum Gasteiger partial charge on any atom is -0.368 e. The molecule has 2 aromatic carbocycles. The van der Waals surface area contributed by atoms with Crippen LogP contribution in [0.2, 0.25) is 0 Å². The molecule has 0 saturated carbocycles. The Balaban J connectivity index is 2.28. The fourth-order valence-electron chi connectivity index (χ4n) is 2.53. The van der Waals surface area contributed by atoms with Crippen LogP contribution in [0.4, 0.5) is 11.6 Å². The van der Waals surface area contributed by atoms with Gasteiger partial charge in [-0.15, -0.1) is 0 Å². The lowest BCUT2D eigenvalue weighted by molar-refractivity contribution is -0.111. The van der Waals surface area contributed by atoms with Crippen LogP contribution in [0.1, 0.15) is 5.56 Å². The van der Waals surface area contributed by atoms with Gasteiger partial charge in [0.1, 0.15) is 0 Å². The molecule has 0 radical (unpaired) electrons. The van der Waals surface area contributed by atoms with Gasteiger partial charge in [0.25, 0.3) is 0 Å². The summed E-state index contributed by atoms with van der Waals surface area (Å²) >= 11 is 0. The number of aryl methyl sites for hydroxylation is 1. The van der Waals surface area contributed by atoms with Gasteiger partial charge in [0.15, 0.2) is 0 Å². The van der Waals surface area contributed by atoms with E-state index >= 15 is 0 Å². The molecule has 0 spiro atoms. The molecule has 1 amide bonds. The molecule has 0 aliphatic heterocycles. The normalized spacial score (nSPS) is 10.5. The number of anilines is 2. The van der Waals surface area contributed by atoms with Crippen LogP contribution in [0.25, 0.3) is 22.2 Å². The quantitative estimate of drug-likeness (QED) is 0.727. The topological polar surface area (TPSA) is 80.9 Å². The molecule has 5 nitrogen and oxygen atoms in total. The molecular weight excluding hydrogens is 288 g/mol. The molecule has 0 unspecified atom stereocenters. The predicted molar refractivity (Wildman–Crippen MR) is 93.0 cm³/mol. The zero-order valence-electron chi connectivity index (χ0n) is 12.7. The molecule has 23 heavy (non-hydrogen) atoms. The third-order valence-corrected chi connectivity index (χ3v) is 3.63. The van der Waals surface area contributed by atoms with Gasteiger partial charge in [0.2, 0.25) is 11.9 Å². The van der Waals surface area contributed by atoms with Gasteiger partial charge in [0, 0.05) is 16.6 Å². The van der Waals surface area contributed by atoms with E-state index in [1.165, 1.54) is 6.08 Å². The number of nitrogen functional groups attached to an aromatic ring is 1. The van der Waals surface area contributed by atoms with Crippen molar-refractivity contribution in [1.82, 2.24) is 9.97 Å². The maximum atomic E-state index is 11.6.